The van der Waals surface area contributed by atoms with Crippen LogP contribution in [0.1, 0.15) is 12.8 Å². The third-order valence-corrected chi connectivity index (χ3v) is 6.70. The minimum atomic E-state index is -3.47. The predicted octanol–water partition coefficient (Wildman–Crippen LogP) is 1.89. The van der Waals surface area contributed by atoms with E-state index in [-0.39, 0.29) is 6.04 Å². The van der Waals surface area contributed by atoms with Crippen LogP contribution in [0.5, 0.6) is 0 Å². The number of anilines is 1. The third-order valence-electron chi connectivity index (χ3n) is 3.84. The molecule has 1 aliphatic rings. The first kappa shape index (κ1) is 16.7. The van der Waals surface area contributed by atoms with Gasteiger partial charge in [-0.25, -0.2) is 8.42 Å². The van der Waals surface area contributed by atoms with E-state index in [0.717, 1.165) is 18.5 Å². The molecule has 1 atom stereocenters. The lowest BCUT2D eigenvalue weighted by molar-refractivity contribution is 0.292. The standard InChI is InChI=1S/C14H22BrN3O2S/c1-16-11-5-4-8-18(10-11)21(19,20)14-9-12(17(2)3)6-7-13(14)15/h6-7,9,11,16H,4-5,8,10H2,1-3H3. The average molecular weight is 376 g/mol. The van der Waals surface area contributed by atoms with Crippen LogP contribution in [0, 0.1) is 0 Å². The van der Waals surface area contributed by atoms with E-state index in [4.69, 9.17) is 0 Å². The van der Waals surface area contributed by atoms with Crippen LogP contribution >= 0.6 is 15.9 Å². The molecule has 5 nitrogen and oxygen atoms in total. The fraction of sp³-hybridized carbons (Fsp3) is 0.571. The van der Waals surface area contributed by atoms with Gasteiger partial charge in [0.15, 0.2) is 0 Å². The van der Waals surface area contributed by atoms with Crippen LogP contribution in [0.15, 0.2) is 27.6 Å². The van der Waals surface area contributed by atoms with E-state index in [0.29, 0.717) is 22.5 Å². The largest absolute Gasteiger partial charge is 0.378 e. The van der Waals surface area contributed by atoms with Gasteiger partial charge in [-0.15, -0.1) is 0 Å². The summed E-state index contributed by atoms with van der Waals surface area (Å²) in [4.78, 5) is 2.24. The van der Waals surface area contributed by atoms with E-state index in [2.05, 4.69) is 21.2 Å². The Morgan fingerprint density at radius 2 is 2.10 bits per heavy atom. The zero-order chi connectivity index (χ0) is 15.6. The summed E-state index contributed by atoms with van der Waals surface area (Å²) in [5.41, 5.74) is 0.874. The molecule has 21 heavy (non-hydrogen) atoms. The van der Waals surface area contributed by atoms with Crippen LogP contribution in [0.4, 0.5) is 5.69 Å². The summed E-state index contributed by atoms with van der Waals surface area (Å²) >= 11 is 3.37. The zero-order valence-electron chi connectivity index (χ0n) is 12.6. The molecule has 1 heterocycles. The van der Waals surface area contributed by atoms with Crippen LogP contribution in [-0.2, 0) is 10.0 Å². The van der Waals surface area contributed by atoms with Gasteiger partial charge in [0.05, 0.1) is 4.90 Å². The number of hydrogen-bond donors (Lipinski definition) is 1. The number of hydrogen-bond acceptors (Lipinski definition) is 4. The Morgan fingerprint density at radius 3 is 2.71 bits per heavy atom. The van der Waals surface area contributed by atoms with Gasteiger partial charge in [-0.3, -0.25) is 0 Å². The first-order chi connectivity index (χ1) is 9.86. The fourth-order valence-corrected chi connectivity index (χ4v) is 4.97. The van der Waals surface area contributed by atoms with Gasteiger partial charge in [-0.1, -0.05) is 0 Å². The highest BCUT2D eigenvalue weighted by Gasteiger charge is 2.31. The summed E-state index contributed by atoms with van der Waals surface area (Å²) in [5.74, 6) is 0. The lowest BCUT2D eigenvalue weighted by atomic mass is 10.1. The summed E-state index contributed by atoms with van der Waals surface area (Å²) in [6, 6.07) is 5.64. The molecule has 2 rings (SSSR count). The highest BCUT2D eigenvalue weighted by molar-refractivity contribution is 9.10. The molecule has 0 amide bonds. The maximum Gasteiger partial charge on any atom is 0.244 e. The van der Waals surface area contributed by atoms with Gasteiger partial charge in [-0.2, -0.15) is 4.31 Å². The Balaban J connectivity index is 2.37. The minimum Gasteiger partial charge on any atom is -0.378 e. The molecule has 1 fully saturated rings. The fourth-order valence-electron chi connectivity index (χ4n) is 2.50. The molecule has 1 unspecified atom stereocenters. The van der Waals surface area contributed by atoms with Crippen LogP contribution in [0.2, 0.25) is 0 Å². The average Bonchev–Trinajstić information content (AvgIpc) is 2.47. The summed E-state index contributed by atoms with van der Waals surface area (Å²) in [7, 11) is 2.21. The maximum absolute atomic E-state index is 12.9. The highest BCUT2D eigenvalue weighted by Crippen LogP contribution is 2.30. The number of rotatable bonds is 4. The molecule has 1 aromatic rings. The molecular formula is C14H22BrN3O2S. The van der Waals surface area contributed by atoms with Gasteiger partial charge in [-0.05, 0) is 54.0 Å². The molecule has 1 aromatic carbocycles. The van der Waals surface area contributed by atoms with Crippen molar-refractivity contribution in [3.05, 3.63) is 22.7 Å². The topological polar surface area (TPSA) is 52.7 Å². The van der Waals surface area contributed by atoms with Crippen molar-refractivity contribution in [2.45, 2.75) is 23.8 Å². The first-order valence-corrected chi connectivity index (χ1v) is 9.24. The summed E-state index contributed by atoms with van der Waals surface area (Å²) in [6.07, 6.45) is 1.90. The molecule has 1 N–H and O–H groups in total. The molecular weight excluding hydrogens is 354 g/mol. The van der Waals surface area contributed by atoms with Crippen LogP contribution < -0.4 is 10.2 Å². The van der Waals surface area contributed by atoms with E-state index in [9.17, 15) is 8.42 Å². The van der Waals surface area contributed by atoms with Gasteiger partial charge < -0.3 is 10.2 Å². The molecule has 0 saturated carbocycles. The number of sulfonamides is 1. The second kappa shape index (κ2) is 6.64. The van der Waals surface area contributed by atoms with Crippen LogP contribution in [0.25, 0.3) is 0 Å². The Labute approximate surface area is 135 Å². The zero-order valence-corrected chi connectivity index (χ0v) is 15.0. The first-order valence-electron chi connectivity index (χ1n) is 7.00. The van der Waals surface area contributed by atoms with E-state index in [1.54, 1.807) is 16.4 Å². The molecule has 1 saturated heterocycles. The van der Waals surface area contributed by atoms with E-state index < -0.39 is 10.0 Å². The SMILES string of the molecule is CNC1CCCN(S(=O)(=O)c2cc(N(C)C)ccc2Br)C1. The van der Waals surface area contributed by atoms with Crippen molar-refractivity contribution in [3.8, 4) is 0 Å². The Kier molecular flexibility index (Phi) is 5.29. The highest BCUT2D eigenvalue weighted by atomic mass is 79.9. The van der Waals surface area contributed by atoms with Gasteiger partial charge in [0, 0.05) is 43.4 Å². The lowest BCUT2D eigenvalue weighted by Gasteiger charge is -2.32. The normalized spacial score (nSPS) is 20.5. The van der Waals surface area contributed by atoms with E-state index in [1.807, 2.05) is 32.1 Å². The number of nitrogens with one attached hydrogen (secondary N) is 1. The number of nitrogens with zero attached hydrogens (tertiary/aromatic N) is 2. The van der Waals surface area contributed by atoms with Gasteiger partial charge in [0.1, 0.15) is 0 Å². The van der Waals surface area contributed by atoms with Gasteiger partial charge in [0.25, 0.3) is 0 Å². The minimum absolute atomic E-state index is 0.226. The summed E-state index contributed by atoms with van der Waals surface area (Å²) in [6.45, 7) is 1.11. The molecule has 7 heteroatoms. The number of piperidine rings is 1. The van der Waals surface area contributed by atoms with Crippen molar-refractivity contribution < 1.29 is 8.42 Å². The molecule has 0 radical (unpaired) electrons. The second-order valence-electron chi connectivity index (χ2n) is 5.50. The lowest BCUT2D eigenvalue weighted by Crippen LogP contribution is -2.46. The van der Waals surface area contributed by atoms with Crippen molar-refractivity contribution in [1.29, 1.82) is 0 Å². The predicted molar refractivity (Wildman–Crippen MR) is 89.3 cm³/mol. The number of halogens is 1. The number of benzene rings is 1. The molecule has 0 aromatic heterocycles. The van der Waals surface area contributed by atoms with Crippen molar-refractivity contribution in [1.82, 2.24) is 9.62 Å². The molecule has 0 bridgehead atoms. The third kappa shape index (κ3) is 3.59. The molecule has 118 valence electrons. The Bertz CT molecular complexity index is 604. The molecule has 0 spiro atoms. The number of likely N-dealkylation sites (N-methyl/N-ethyl adjacent to an activating group) is 1. The van der Waals surface area contributed by atoms with Crippen molar-refractivity contribution in [3.63, 3.8) is 0 Å². The molecule has 0 aliphatic carbocycles. The van der Waals surface area contributed by atoms with Crippen molar-refractivity contribution >= 4 is 31.6 Å². The van der Waals surface area contributed by atoms with Crippen molar-refractivity contribution in [2.75, 3.05) is 39.1 Å². The Morgan fingerprint density at radius 1 is 1.38 bits per heavy atom. The quantitative estimate of drug-likeness (QED) is 0.872. The van der Waals surface area contributed by atoms with E-state index >= 15 is 0 Å². The van der Waals surface area contributed by atoms with E-state index in [1.165, 1.54) is 0 Å². The summed E-state index contributed by atoms with van der Waals surface area (Å²) in [5, 5.41) is 3.18. The monoisotopic (exact) mass is 375 g/mol. The smallest absolute Gasteiger partial charge is 0.244 e. The van der Waals surface area contributed by atoms with Crippen LogP contribution in [-0.4, -0.2) is 53.0 Å². The van der Waals surface area contributed by atoms with Gasteiger partial charge in [0.2, 0.25) is 10.0 Å². The van der Waals surface area contributed by atoms with Gasteiger partial charge >= 0.3 is 0 Å². The summed E-state index contributed by atoms with van der Waals surface area (Å²) < 4.78 is 28.0. The van der Waals surface area contributed by atoms with Crippen molar-refractivity contribution in [2.24, 2.45) is 0 Å². The second-order valence-corrected chi connectivity index (χ2v) is 8.26. The van der Waals surface area contributed by atoms with Crippen LogP contribution in [0.3, 0.4) is 0 Å². The molecule has 1 aliphatic heterocycles. The maximum atomic E-state index is 12.9. The Hall–Kier alpha value is -0.630.